The highest BCUT2D eigenvalue weighted by atomic mass is 16.5. The maximum Gasteiger partial charge on any atom is 0.251 e. The SMILES string of the molecule is C[C@@H](NC(=O)C1=Cc2ccccc2OC1)C(=O)NCc1ccco1. The molecule has 3 rings (SSSR count). The van der Waals surface area contributed by atoms with Gasteiger partial charge in [-0.15, -0.1) is 0 Å². The van der Waals surface area contributed by atoms with Crippen molar-refractivity contribution in [2.75, 3.05) is 6.61 Å². The summed E-state index contributed by atoms with van der Waals surface area (Å²) in [7, 11) is 0. The van der Waals surface area contributed by atoms with Crippen LogP contribution >= 0.6 is 0 Å². The molecule has 2 amide bonds. The summed E-state index contributed by atoms with van der Waals surface area (Å²) in [6, 6.07) is 10.3. The van der Waals surface area contributed by atoms with Gasteiger partial charge < -0.3 is 19.8 Å². The first-order valence-corrected chi connectivity index (χ1v) is 7.67. The quantitative estimate of drug-likeness (QED) is 0.879. The van der Waals surface area contributed by atoms with Crippen molar-refractivity contribution >= 4 is 17.9 Å². The van der Waals surface area contributed by atoms with Crippen molar-refractivity contribution in [3.63, 3.8) is 0 Å². The predicted octanol–water partition coefficient (Wildman–Crippen LogP) is 1.88. The van der Waals surface area contributed by atoms with Gasteiger partial charge in [-0.05, 0) is 31.2 Å². The van der Waals surface area contributed by atoms with Crippen LogP contribution < -0.4 is 15.4 Å². The molecule has 124 valence electrons. The highest BCUT2D eigenvalue weighted by molar-refractivity contribution is 6.01. The molecule has 0 aliphatic carbocycles. The second kappa shape index (κ2) is 7.04. The van der Waals surface area contributed by atoms with Crippen molar-refractivity contribution in [3.05, 3.63) is 59.6 Å². The molecule has 6 heteroatoms. The molecule has 2 aromatic rings. The topological polar surface area (TPSA) is 80.6 Å². The molecule has 1 aliphatic heterocycles. The lowest BCUT2D eigenvalue weighted by atomic mass is 10.1. The van der Waals surface area contributed by atoms with Gasteiger partial charge in [0.2, 0.25) is 5.91 Å². The van der Waals surface area contributed by atoms with Crippen LogP contribution in [-0.4, -0.2) is 24.5 Å². The Labute approximate surface area is 139 Å². The Balaban J connectivity index is 1.56. The molecule has 1 aromatic heterocycles. The van der Waals surface area contributed by atoms with Gasteiger partial charge >= 0.3 is 0 Å². The van der Waals surface area contributed by atoms with Crippen LogP contribution in [0.15, 0.2) is 52.7 Å². The molecule has 1 atom stereocenters. The maximum atomic E-state index is 12.3. The number of hydrogen-bond acceptors (Lipinski definition) is 4. The van der Waals surface area contributed by atoms with Gasteiger partial charge in [0.25, 0.3) is 5.91 Å². The van der Waals surface area contributed by atoms with Crippen LogP contribution in [0.5, 0.6) is 5.75 Å². The monoisotopic (exact) mass is 326 g/mol. The molecule has 0 bridgehead atoms. The Morgan fingerprint density at radius 3 is 2.83 bits per heavy atom. The lowest BCUT2D eigenvalue weighted by Gasteiger charge is -2.19. The second-order valence-electron chi connectivity index (χ2n) is 5.49. The molecule has 0 unspecified atom stereocenters. The van der Waals surface area contributed by atoms with Crippen LogP contribution in [0.1, 0.15) is 18.2 Å². The molecule has 6 nitrogen and oxygen atoms in total. The van der Waals surface area contributed by atoms with E-state index in [1.807, 2.05) is 24.3 Å². The number of carbonyl (C=O) groups excluding carboxylic acids is 2. The summed E-state index contributed by atoms with van der Waals surface area (Å²) in [4.78, 5) is 24.3. The van der Waals surface area contributed by atoms with E-state index in [9.17, 15) is 9.59 Å². The largest absolute Gasteiger partial charge is 0.488 e. The fourth-order valence-electron chi connectivity index (χ4n) is 2.34. The molecule has 0 fully saturated rings. The van der Waals surface area contributed by atoms with E-state index in [-0.39, 0.29) is 25.0 Å². The molecule has 0 saturated carbocycles. The summed E-state index contributed by atoms with van der Waals surface area (Å²) in [5, 5.41) is 5.39. The molecule has 24 heavy (non-hydrogen) atoms. The van der Waals surface area contributed by atoms with Crippen molar-refractivity contribution in [2.24, 2.45) is 0 Å². The van der Waals surface area contributed by atoms with Gasteiger partial charge in [-0.1, -0.05) is 18.2 Å². The molecule has 2 heterocycles. The Morgan fingerprint density at radius 2 is 2.04 bits per heavy atom. The number of rotatable bonds is 5. The molecule has 0 radical (unpaired) electrons. The van der Waals surface area contributed by atoms with Gasteiger partial charge in [0.15, 0.2) is 0 Å². The van der Waals surface area contributed by atoms with E-state index >= 15 is 0 Å². The van der Waals surface area contributed by atoms with Crippen LogP contribution in [0.2, 0.25) is 0 Å². The Hall–Kier alpha value is -3.02. The van der Waals surface area contributed by atoms with E-state index in [0.29, 0.717) is 11.3 Å². The number of ether oxygens (including phenoxy) is 1. The van der Waals surface area contributed by atoms with Crippen LogP contribution in [0.25, 0.3) is 6.08 Å². The zero-order valence-electron chi connectivity index (χ0n) is 13.2. The normalized spacial score (nSPS) is 14.0. The number of benzene rings is 1. The third-order valence-electron chi connectivity index (χ3n) is 3.68. The third kappa shape index (κ3) is 3.65. The molecule has 1 aromatic carbocycles. The number of carbonyl (C=O) groups is 2. The molecular formula is C18H18N2O4. The van der Waals surface area contributed by atoms with Crippen LogP contribution in [0.3, 0.4) is 0 Å². The highest BCUT2D eigenvalue weighted by Crippen LogP contribution is 2.25. The Kier molecular flexibility index (Phi) is 4.65. The zero-order chi connectivity index (χ0) is 16.9. The predicted molar refractivity (Wildman–Crippen MR) is 88.1 cm³/mol. The fourth-order valence-corrected chi connectivity index (χ4v) is 2.34. The summed E-state index contributed by atoms with van der Waals surface area (Å²) in [6.45, 7) is 2.10. The van der Waals surface area contributed by atoms with Gasteiger partial charge in [-0.2, -0.15) is 0 Å². The van der Waals surface area contributed by atoms with Gasteiger partial charge in [0.1, 0.15) is 24.2 Å². The van der Waals surface area contributed by atoms with Crippen molar-refractivity contribution in [1.29, 1.82) is 0 Å². The van der Waals surface area contributed by atoms with E-state index in [2.05, 4.69) is 10.6 Å². The Morgan fingerprint density at radius 1 is 1.21 bits per heavy atom. The van der Waals surface area contributed by atoms with E-state index in [1.54, 1.807) is 31.4 Å². The number of fused-ring (bicyclic) bond motifs is 1. The van der Waals surface area contributed by atoms with Crippen molar-refractivity contribution in [3.8, 4) is 5.75 Å². The van der Waals surface area contributed by atoms with Crippen molar-refractivity contribution < 1.29 is 18.7 Å². The van der Waals surface area contributed by atoms with Crippen LogP contribution in [0, 0.1) is 0 Å². The smallest absolute Gasteiger partial charge is 0.251 e. The minimum Gasteiger partial charge on any atom is -0.488 e. The third-order valence-corrected chi connectivity index (χ3v) is 3.68. The van der Waals surface area contributed by atoms with Crippen molar-refractivity contribution in [1.82, 2.24) is 10.6 Å². The maximum absolute atomic E-state index is 12.3. The number of nitrogens with one attached hydrogen (secondary N) is 2. The number of furan rings is 1. The summed E-state index contributed by atoms with van der Waals surface area (Å²) in [5.74, 6) is 0.808. The molecule has 0 spiro atoms. The van der Waals surface area contributed by atoms with Crippen molar-refractivity contribution in [2.45, 2.75) is 19.5 Å². The van der Waals surface area contributed by atoms with Gasteiger partial charge in [-0.3, -0.25) is 9.59 Å². The van der Waals surface area contributed by atoms with E-state index < -0.39 is 6.04 Å². The summed E-state index contributed by atoms with van der Waals surface area (Å²) in [5.41, 5.74) is 1.34. The van der Waals surface area contributed by atoms with E-state index in [1.165, 1.54) is 0 Å². The minimum absolute atomic E-state index is 0.184. The first-order valence-electron chi connectivity index (χ1n) is 7.67. The van der Waals surface area contributed by atoms with Gasteiger partial charge in [-0.25, -0.2) is 0 Å². The average molecular weight is 326 g/mol. The fraction of sp³-hybridized carbons (Fsp3) is 0.222. The summed E-state index contributed by atoms with van der Waals surface area (Å²) >= 11 is 0. The molecule has 2 N–H and O–H groups in total. The average Bonchev–Trinajstić information content (AvgIpc) is 3.12. The minimum atomic E-state index is -0.662. The number of amides is 2. The molecule has 0 saturated heterocycles. The highest BCUT2D eigenvalue weighted by Gasteiger charge is 2.21. The standard InChI is InChI=1S/C18H18N2O4/c1-12(17(21)19-10-15-6-4-8-23-15)20-18(22)14-9-13-5-2-3-7-16(13)24-11-14/h2-9,12H,10-11H2,1H3,(H,19,21)(H,20,22)/t12-/m1/s1. The first-order chi connectivity index (χ1) is 11.6. The zero-order valence-corrected chi connectivity index (χ0v) is 13.2. The molecular weight excluding hydrogens is 308 g/mol. The molecule has 1 aliphatic rings. The van der Waals surface area contributed by atoms with E-state index in [4.69, 9.17) is 9.15 Å². The van der Waals surface area contributed by atoms with Crippen LogP contribution in [-0.2, 0) is 16.1 Å². The summed E-state index contributed by atoms with van der Waals surface area (Å²) < 4.78 is 10.7. The summed E-state index contributed by atoms with van der Waals surface area (Å²) in [6.07, 6.45) is 3.32. The van der Waals surface area contributed by atoms with Gasteiger partial charge in [0.05, 0.1) is 18.4 Å². The second-order valence-corrected chi connectivity index (χ2v) is 5.49. The Bertz CT molecular complexity index is 765. The van der Waals surface area contributed by atoms with Crippen LogP contribution in [0.4, 0.5) is 0 Å². The first kappa shape index (κ1) is 15.9. The van der Waals surface area contributed by atoms with E-state index in [0.717, 1.165) is 11.3 Å². The number of hydrogen-bond donors (Lipinski definition) is 2. The lowest BCUT2D eigenvalue weighted by Crippen LogP contribution is -2.45. The number of para-hydroxylation sites is 1. The lowest BCUT2D eigenvalue weighted by molar-refractivity contribution is -0.127. The van der Waals surface area contributed by atoms with Gasteiger partial charge in [0, 0.05) is 5.56 Å².